The zero-order valence-electron chi connectivity index (χ0n) is 19.4. The summed E-state index contributed by atoms with van der Waals surface area (Å²) in [5.41, 5.74) is 0.885. The number of amides is 1. The largest absolute Gasteiger partial charge is 0.507 e. The Morgan fingerprint density at radius 3 is 2.41 bits per heavy atom. The first-order valence-electron chi connectivity index (χ1n) is 11.6. The molecule has 180 valence electrons. The van der Waals surface area contributed by atoms with Crippen LogP contribution < -0.4 is 9.47 Å². The Kier molecular flexibility index (Phi) is 7.17. The number of aliphatic hydroxyl groups excluding tert-OH is 1. The molecule has 1 fully saturated rings. The molecule has 2 aromatic carbocycles. The summed E-state index contributed by atoms with van der Waals surface area (Å²) in [4.78, 5) is 29.9. The Morgan fingerprint density at radius 1 is 1.06 bits per heavy atom. The number of halogens is 1. The molecule has 34 heavy (non-hydrogen) atoms. The van der Waals surface area contributed by atoms with Gasteiger partial charge in [0.25, 0.3) is 11.7 Å². The standard InChI is InChI=1S/C26H29FN2O5/c1-3-28(4-2)12-5-13-29-23(17-6-9-19(27)10-7-17)22(25(31)26(29)32)24(30)18-8-11-20-21(16-18)34-15-14-33-20/h6-11,16,23,30H,3-5,12-15H2,1-2H3/b24-22+/t23-/m1/s1. The highest BCUT2D eigenvalue weighted by Gasteiger charge is 2.45. The summed E-state index contributed by atoms with van der Waals surface area (Å²) in [6, 6.07) is 9.73. The van der Waals surface area contributed by atoms with Gasteiger partial charge in [0, 0.05) is 12.1 Å². The van der Waals surface area contributed by atoms with Crippen LogP contribution in [0.25, 0.3) is 5.76 Å². The minimum Gasteiger partial charge on any atom is -0.507 e. The number of rotatable bonds is 8. The third kappa shape index (κ3) is 4.63. The van der Waals surface area contributed by atoms with Gasteiger partial charge in [-0.1, -0.05) is 26.0 Å². The maximum absolute atomic E-state index is 13.6. The number of hydrogen-bond acceptors (Lipinski definition) is 6. The molecular formula is C26H29FN2O5. The monoisotopic (exact) mass is 468 g/mol. The molecule has 2 aromatic rings. The maximum atomic E-state index is 13.6. The van der Waals surface area contributed by atoms with Crippen LogP contribution in [0.4, 0.5) is 4.39 Å². The van der Waals surface area contributed by atoms with Crippen molar-refractivity contribution in [3.63, 3.8) is 0 Å². The molecule has 1 N–H and O–H groups in total. The van der Waals surface area contributed by atoms with Gasteiger partial charge in [0.05, 0.1) is 11.6 Å². The summed E-state index contributed by atoms with van der Waals surface area (Å²) in [6.45, 7) is 7.84. The second kappa shape index (κ2) is 10.3. The van der Waals surface area contributed by atoms with Gasteiger partial charge in [0.15, 0.2) is 11.5 Å². The first-order chi connectivity index (χ1) is 16.4. The van der Waals surface area contributed by atoms with E-state index in [2.05, 4.69) is 18.7 Å². The van der Waals surface area contributed by atoms with Crippen molar-refractivity contribution in [2.75, 3.05) is 39.4 Å². The molecule has 0 radical (unpaired) electrons. The molecule has 8 heteroatoms. The fourth-order valence-corrected chi connectivity index (χ4v) is 4.45. The lowest BCUT2D eigenvalue weighted by molar-refractivity contribution is -0.140. The normalized spacial score (nSPS) is 19.2. The molecule has 2 aliphatic rings. The highest BCUT2D eigenvalue weighted by molar-refractivity contribution is 6.46. The molecule has 0 aromatic heterocycles. The quantitative estimate of drug-likeness (QED) is 0.361. The number of carbonyl (C=O) groups is 2. The second-order valence-electron chi connectivity index (χ2n) is 8.28. The fraction of sp³-hybridized carbons (Fsp3) is 0.385. The summed E-state index contributed by atoms with van der Waals surface area (Å²) in [5.74, 6) is -1.14. The van der Waals surface area contributed by atoms with Crippen LogP contribution in [0, 0.1) is 5.82 Å². The number of benzene rings is 2. The summed E-state index contributed by atoms with van der Waals surface area (Å²) >= 11 is 0. The van der Waals surface area contributed by atoms with Crippen molar-refractivity contribution in [2.45, 2.75) is 26.3 Å². The van der Waals surface area contributed by atoms with Gasteiger partial charge in [0.1, 0.15) is 24.8 Å². The Balaban J connectivity index is 1.72. The molecule has 0 bridgehead atoms. The van der Waals surface area contributed by atoms with Crippen LogP contribution in [0.5, 0.6) is 11.5 Å². The smallest absolute Gasteiger partial charge is 0.295 e. The molecule has 0 spiro atoms. The molecule has 0 aliphatic carbocycles. The highest BCUT2D eigenvalue weighted by atomic mass is 19.1. The van der Waals surface area contributed by atoms with Gasteiger partial charge in [-0.3, -0.25) is 9.59 Å². The summed E-state index contributed by atoms with van der Waals surface area (Å²) < 4.78 is 24.8. The molecule has 1 atom stereocenters. The molecule has 0 unspecified atom stereocenters. The van der Waals surface area contributed by atoms with E-state index in [9.17, 15) is 19.1 Å². The van der Waals surface area contributed by atoms with Crippen LogP contribution in [-0.2, 0) is 9.59 Å². The molecule has 2 aliphatic heterocycles. The van der Waals surface area contributed by atoms with Gasteiger partial charge in [-0.2, -0.15) is 0 Å². The number of carbonyl (C=O) groups excluding carboxylic acids is 2. The van der Waals surface area contributed by atoms with Gasteiger partial charge in [-0.05, 0) is 62.0 Å². The Hall–Kier alpha value is -3.39. The number of ketones is 1. The number of hydrogen-bond donors (Lipinski definition) is 1. The number of ether oxygens (including phenoxy) is 2. The van der Waals surface area contributed by atoms with E-state index in [-0.39, 0.29) is 11.3 Å². The molecule has 7 nitrogen and oxygen atoms in total. The van der Waals surface area contributed by atoms with E-state index in [0.29, 0.717) is 48.8 Å². The van der Waals surface area contributed by atoms with Crippen LogP contribution >= 0.6 is 0 Å². The van der Waals surface area contributed by atoms with Gasteiger partial charge < -0.3 is 24.4 Å². The SMILES string of the molecule is CCN(CC)CCCN1C(=O)C(=O)/C(=C(/O)c2ccc3c(c2)OCCO3)[C@H]1c1ccc(F)cc1. The number of likely N-dealkylation sites (tertiary alicyclic amines) is 1. The second-order valence-corrected chi connectivity index (χ2v) is 8.28. The predicted octanol–water partition coefficient (Wildman–Crippen LogP) is 3.75. The van der Waals surface area contributed by atoms with E-state index in [1.54, 1.807) is 30.3 Å². The van der Waals surface area contributed by atoms with Gasteiger partial charge in [0.2, 0.25) is 0 Å². The Labute approximate surface area is 198 Å². The lowest BCUT2D eigenvalue weighted by Gasteiger charge is -2.27. The van der Waals surface area contributed by atoms with E-state index in [4.69, 9.17) is 9.47 Å². The van der Waals surface area contributed by atoms with Crippen molar-refractivity contribution in [3.8, 4) is 11.5 Å². The third-order valence-corrected chi connectivity index (χ3v) is 6.31. The van der Waals surface area contributed by atoms with Gasteiger partial charge in [-0.15, -0.1) is 0 Å². The van der Waals surface area contributed by atoms with E-state index in [1.165, 1.54) is 17.0 Å². The van der Waals surface area contributed by atoms with Crippen molar-refractivity contribution >= 4 is 17.4 Å². The fourth-order valence-electron chi connectivity index (χ4n) is 4.45. The minimum atomic E-state index is -0.814. The summed E-state index contributed by atoms with van der Waals surface area (Å²) in [7, 11) is 0. The minimum absolute atomic E-state index is 0.0175. The van der Waals surface area contributed by atoms with Gasteiger partial charge >= 0.3 is 0 Å². The highest BCUT2D eigenvalue weighted by Crippen LogP contribution is 2.41. The summed E-state index contributed by atoms with van der Waals surface area (Å²) in [6.07, 6.45) is 0.663. The molecule has 1 amide bonds. The van der Waals surface area contributed by atoms with Crippen LogP contribution in [0.15, 0.2) is 48.0 Å². The van der Waals surface area contributed by atoms with Crippen LogP contribution in [0.1, 0.15) is 37.4 Å². The summed E-state index contributed by atoms with van der Waals surface area (Å²) in [5, 5.41) is 11.2. The number of fused-ring (bicyclic) bond motifs is 1. The zero-order valence-corrected chi connectivity index (χ0v) is 19.4. The molecule has 4 rings (SSSR count). The van der Waals surface area contributed by atoms with Crippen molar-refractivity contribution in [2.24, 2.45) is 0 Å². The Bertz CT molecular complexity index is 1090. The lowest BCUT2D eigenvalue weighted by Crippen LogP contribution is -2.33. The number of nitrogens with zero attached hydrogens (tertiary/aromatic N) is 2. The number of Topliss-reactive ketones (excluding diaryl/α,β-unsaturated/α-hetero) is 1. The first-order valence-corrected chi connectivity index (χ1v) is 11.6. The lowest BCUT2D eigenvalue weighted by atomic mass is 9.95. The topological polar surface area (TPSA) is 79.3 Å². The van der Waals surface area contributed by atoms with E-state index in [1.807, 2.05) is 0 Å². The van der Waals surface area contributed by atoms with Crippen LogP contribution in [0.3, 0.4) is 0 Å². The van der Waals surface area contributed by atoms with Gasteiger partial charge in [-0.25, -0.2) is 4.39 Å². The zero-order chi connectivity index (χ0) is 24.2. The first kappa shape index (κ1) is 23.8. The number of aliphatic hydroxyl groups is 1. The molecular weight excluding hydrogens is 439 g/mol. The predicted molar refractivity (Wildman–Crippen MR) is 125 cm³/mol. The van der Waals surface area contributed by atoms with Crippen molar-refractivity contribution in [1.29, 1.82) is 0 Å². The van der Waals surface area contributed by atoms with Crippen LogP contribution in [0.2, 0.25) is 0 Å². The average molecular weight is 469 g/mol. The van der Waals surface area contributed by atoms with Crippen molar-refractivity contribution < 1.29 is 28.6 Å². The van der Waals surface area contributed by atoms with Crippen molar-refractivity contribution in [3.05, 3.63) is 65.0 Å². The third-order valence-electron chi connectivity index (χ3n) is 6.31. The maximum Gasteiger partial charge on any atom is 0.295 e. The molecule has 0 saturated carbocycles. The molecule has 2 heterocycles. The molecule has 1 saturated heterocycles. The van der Waals surface area contributed by atoms with E-state index >= 15 is 0 Å². The average Bonchev–Trinajstić information content (AvgIpc) is 3.11. The Morgan fingerprint density at radius 2 is 1.74 bits per heavy atom. The van der Waals surface area contributed by atoms with E-state index in [0.717, 1.165) is 19.6 Å². The van der Waals surface area contributed by atoms with Crippen molar-refractivity contribution in [1.82, 2.24) is 9.80 Å². The van der Waals surface area contributed by atoms with E-state index < -0.39 is 23.5 Å². The van der Waals surface area contributed by atoms with Crippen LogP contribution in [-0.4, -0.2) is 66.0 Å².